The van der Waals surface area contributed by atoms with Crippen molar-refractivity contribution < 1.29 is 23.4 Å². The lowest BCUT2D eigenvalue weighted by Crippen LogP contribution is -2.46. The van der Waals surface area contributed by atoms with Gasteiger partial charge in [-0.25, -0.2) is 8.78 Å². The van der Waals surface area contributed by atoms with E-state index in [-0.39, 0.29) is 17.2 Å². The molecule has 0 spiro atoms. The summed E-state index contributed by atoms with van der Waals surface area (Å²) in [6.45, 7) is 2.44. The topological polar surface area (TPSA) is 54.0 Å². The Bertz CT molecular complexity index is 454. The standard InChI is InChI=1S/C14H20F2N2O3/c1-20-10-7-9(8-11(21-2)13(10)19)12(14(15)16)18-5-3-17-4-6-18/h7-8,12,14,17,19H,3-6H2,1-2H3/t12-/m1/s1. The second-order valence-electron chi connectivity index (χ2n) is 4.84. The van der Waals surface area contributed by atoms with Crippen LogP contribution >= 0.6 is 0 Å². The van der Waals surface area contributed by atoms with Crippen molar-refractivity contribution >= 4 is 0 Å². The maximum atomic E-state index is 13.5. The van der Waals surface area contributed by atoms with Crippen LogP contribution in [0.4, 0.5) is 8.78 Å². The fraction of sp³-hybridized carbons (Fsp3) is 0.571. The first-order valence-electron chi connectivity index (χ1n) is 6.76. The summed E-state index contributed by atoms with van der Waals surface area (Å²) in [4.78, 5) is 1.73. The molecule has 5 nitrogen and oxygen atoms in total. The molecule has 0 saturated carbocycles. The number of methoxy groups -OCH3 is 2. The molecule has 1 fully saturated rings. The molecule has 1 heterocycles. The number of aromatic hydroxyl groups is 1. The predicted octanol–water partition coefficient (Wildman–Crippen LogP) is 1.62. The number of phenolic OH excluding ortho intramolecular Hbond substituents is 1. The second kappa shape index (κ2) is 6.91. The number of benzene rings is 1. The van der Waals surface area contributed by atoms with Crippen LogP contribution in [0.15, 0.2) is 12.1 Å². The lowest BCUT2D eigenvalue weighted by molar-refractivity contribution is 0.0180. The highest BCUT2D eigenvalue weighted by atomic mass is 19.3. The Hall–Kier alpha value is -1.60. The van der Waals surface area contributed by atoms with E-state index < -0.39 is 12.5 Å². The van der Waals surface area contributed by atoms with Gasteiger partial charge in [0, 0.05) is 26.2 Å². The monoisotopic (exact) mass is 302 g/mol. The molecule has 7 heteroatoms. The third kappa shape index (κ3) is 3.36. The van der Waals surface area contributed by atoms with Crippen molar-refractivity contribution in [3.8, 4) is 17.2 Å². The molecule has 21 heavy (non-hydrogen) atoms. The van der Waals surface area contributed by atoms with Crippen molar-refractivity contribution in [3.05, 3.63) is 17.7 Å². The van der Waals surface area contributed by atoms with Crippen LogP contribution in [-0.2, 0) is 0 Å². The molecule has 1 atom stereocenters. The van der Waals surface area contributed by atoms with E-state index in [0.29, 0.717) is 31.7 Å². The van der Waals surface area contributed by atoms with Crippen molar-refractivity contribution in [2.45, 2.75) is 12.5 Å². The summed E-state index contributed by atoms with van der Waals surface area (Å²) < 4.78 is 37.1. The molecular weight excluding hydrogens is 282 g/mol. The Labute approximate surface area is 122 Å². The van der Waals surface area contributed by atoms with Crippen LogP contribution < -0.4 is 14.8 Å². The number of phenols is 1. The maximum Gasteiger partial charge on any atom is 0.258 e. The Kier molecular flexibility index (Phi) is 5.19. The van der Waals surface area contributed by atoms with Gasteiger partial charge in [-0.1, -0.05) is 0 Å². The number of nitrogens with one attached hydrogen (secondary N) is 1. The zero-order chi connectivity index (χ0) is 15.4. The van der Waals surface area contributed by atoms with E-state index in [1.54, 1.807) is 4.90 Å². The molecule has 0 unspecified atom stereocenters. The summed E-state index contributed by atoms with van der Waals surface area (Å²) in [6.07, 6.45) is -2.54. The highest BCUT2D eigenvalue weighted by Gasteiger charge is 2.31. The van der Waals surface area contributed by atoms with Crippen LogP contribution in [0.1, 0.15) is 11.6 Å². The first kappa shape index (κ1) is 15.8. The van der Waals surface area contributed by atoms with Crippen LogP contribution in [0.5, 0.6) is 17.2 Å². The van der Waals surface area contributed by atoms with E-state index in [0.717, 1.165) is 0 Å². The average Bonchev–Trinajstić information content (AvgIpc) is 2.49. The number of piperazine rings is 1. The van der Waals surface area contributed by atoms with Gasteiger partial charge in [0.2, 0.25) is 5.75 Å². The summed E-state index contributed by atoms with van der Waals surface area (Å²) in [5.74, 6) is 0.0762. The van der Waals surface area contributed by atoms with E-state index in [1.807, 2.05) is 0 Å². The molecule has 0 amide bonds. The van der Waals surface area contributed by atoms with Gasteiger partial charge in [0.1, 0.15) is 0 Å². The zero-order valence-electron chi connectivity index (χ0n) is 12.1. The van der Waals surface area contributed by atoms with Crippen molar-refractivity contribution in [1.82, 2.24) is 10.2 Å². The second-order valence-corrected chi connectivity index (χ2v) is 4.84. The van der Waals surface area contributed by atoms with Gasteiger partial charge >= 0.3 is 0 Å². The quantitative estimate of drug-likeness (QED) is 0.866. The fourth-order valence-electron chi connectivity index (χ4n) is 2.56. The highest BCUT2D eigenvalue weighted by molar-refractivity contribution is 5.53. The number of hydrogen-bond acceptors (Lipinski definition) is 5. The first-order chi connectivity index (χ1) is 10.1. The van der Waals surface area contributed by atoms with E-state index >= 15 is 0 Å². The van der Waals surface area contributed by atoms with E-state index in [4.69, 9.17) is 9.47 Å². The molecule has 118 valence electrons. The molecule has 0 bridgehead atoms. The zero-order valence-corrected chi connectivity index (χ0v) is 12.1. The maximum absolute atomic E-state index is 13.5. The van der Waals surface area contributed by atoms with Crippen LogP contribution in [0.3, 0.4) is 0 Å². The van der Waals surface area contributed by atoms with Crippen LogP contribution in [0.25, 0.3) is 0 Å². The Balaban J connectivity index is 2.39. The smallest absolute Gasteiger partial charge is 0.258 e. The summed E-state index contributed by atoms with van der Waals surface area (Å²) >= 11 is 0. The van der Waals surface area contributed by atoms with Crippen LogP contribution in [0, 0.1) is 0 Å². The largest absolute Gasteiger partial charge is 0.502 e. The number of ether oxygens (including phenoxy) is 2. The van der Waals surface area contributed by atoms with Gasteiger partial charge in [-0.15, -0.1) is 0 Å². The van der Waals surface area contributed by atoms with Gasteiger partial charge in [0.05, 0.1) is 20.3 Å². The van der Waals surface area contributed by atoms with Gasteiger partial charge in [-0.2, -0.15) is 0 Å². The minimum Gasteiger partial charge on any atom is -0.502 e. The molecule has 0 radical (unpaired) electrons. The minimum atomic E-state index is -2.54. The molecule has 1 aromatic carbocycles. The molecule has 1 aliphatic rings. The molecule has 0 aromatic heterocycles. The predicted molar refractivity (Wildman–Crippen MR) is 74.4 cm³/mol. The third-order valence-electron chi connectivity index (χ3n) is 3.63. The van der Waals surface area contributed by atoms with Crippen molar-refractivity contribution in [2.24, 2.45) is 0 Å². The van der Waals surface area contributed by atoms with E-state index in [1.165, 1.54) is 26.4 Å². The summed E-state index contributed by atoms with van der Waals surface area (Å²) in [5, 5.41) is 13.0. The first-order valence-corrected chi connectivity index (χ1v) is 6.76. The Morgan fingerprint density at radius 1 is 1.14 bits per heavy atom. The van der Waals surface area contributed by atoms with Crippen LogP contribution in [-0.4, -0.2) is 56.8 Å². The van der Waals surface area contributed by atoms with Crippen molar-refractivity contribution in [3.63, 3.8) is 0 Å². The molecule has 1 saturated heterocycles. The Morgan fingerprint density at radius 3 is 2.10 bits per heavy atom. The highest BCUT2D eigenvalue weighted by Crippen LogP contribution is 2.41. The third-order valence-corrected chi connectivity index (χ3v) is 3.63. The summed E-state index contributed by atoms with van der Waals surface area (Å²) in [5.41, 5.74) is 0.374. The Morgan fingerprint density at radius 2 is 1.67 bits per heavy atom. The number of rotatable bonds is 5. The summed E-state index contributed by atoms with van der Waals surface area (Å²) in [6, 6.07) is 1.84. The van der Waals surface area contributed by atoms with Gasteiger partial charge in [0.25, 0.3) is 6.43 Å². The van der Waals surface area contributed by atoms with Crippen molar-refractivity contribution in [1.29, 1.82) is 0 Å². The molecule has 1 aliphatic heterocycles. The molecule has 2 N–H and O–H groups in total. The van der Waals surface area contributed by atoms with Gasteiger partial charge < -0.3 is 19.9 Å². The molecule has 2 rings (SSSR count). The molecule has 1 aromatic rings. The normalized spacial score (nSPS) is 17.8. The van der Waals surface area contributed by atoms with Gasteiger partial charge in [0.15, 0.2) is 11.5 Å². The molecule has 0 aliphatic carbocycles. The van der Waals surface area contributed by atoms with Gasteiger partial charge in [-0.3, -0.25) is 4.90 Å². The van der Waals surface area contributed by atoms with E-state index in [2.05, 4.69) is 5.32 Å². The average molecular weight is 302 g/mol. The van der Waals surface area contributed by atoms with Crippen molar-refractivity contribution in [2.75, 3.05) is 40.4 Å². The lowest BCUT2D eigenvalue weighted by atomic mass is 10.0. The molecular formula is C14H20F2N2O3. The number of nitrogens with zero attached hydrogens (tertiary/aromatic N) is 1. The minimum absolute atomic E-state index is 0.130. The number of hydrogen-bond donors (Lipinski definition) is 2. The van der Waals surface area contributed by atoms with Gasteiger partial charge in [-0.05, 0) is 17.7 Å². The number of halogens is 2. The summed E-state index contributed by atoms with van der Waals surface area (Å²) in [7, 11) is 2.75. The number of alkyl halides is 2. The SMILES string of the molecule is COc1cc([C@H](C(F)F)N2CCNCC2)cc(OC)c1O. The fourth-order valence-corrected chi connectivity index (χ4v) is 2.56. The van der Waals surface area contributed by atoms with E-state index in [9.17, 15) is 13.9 Å². The van der Waals surface area contributed by atoms with Crippen LogP contribution in [0.2, 0.25) is 0 Å². The lowest BCUT2D eigenvalue weighted by Gasteiger charge is -2.34.